The van der Waals surface area contributed by atoms with Crippen molar-refractivity contribution in [2.75, 3.05) is 58.7 Å². The van der Waals surface area contributed by atoms with E-state index in [1.165, 1.54) is 12.1 Å². The number of nitrogens with zero attached hydrogens (tertiary/aromatic N) is 4. The third-order valence-corrected chi connectivity index (χ3v) is 7.41. The Hall–Kier alpha value is -2.34. The molecule has 0 bridgehead atoms. The second-order valence-electron chi connectivity index (χ2n) is 10.3. The first-order valence-electron chi connectivity index (χ1n) is 12.9. The van der Waals surface area contributed by atoms with Crippen molar-refractivity contribution in [2.24, 2.45) is 5.41 Å². The molecule has 39 heavy (non-hydrogen) atoms. The summed E-state index contributed by atoms with van der Waals surface area (Å²) in [5.41, 5.74) is -0.106. The molecule has 2 N–H and O–H groups in total. The number of hydrogen-bond donors (Lipinski definition) is 2. The molecule has 1 atom stereocenters. The molecule has 1 fully saturated rings. The van der Waals surface area contributed by atoms with Gasteiger partial charge in [0.15, 0.2) is 0 Å². The third kappa shape index (κ3) is 8.83. The zero-order valence-corrected chi connectivity index (χ0v) is 24.4. The van der Waals surface area contributed by atoms with Crippen molar-refractivity contribution in [3.05, 3.63) is 51.9 Å². The smallest absolute Gasteiger partial charge is 0.369 e. The minimum atomic E-state index is -4.51. The topological polar surface area (TPSA) is 73.4 Å². The lowest BCUT2D eigenvalue weighted by Gasteiger charge is -2.29. The maximum atomic E-state index is 13.3. The molecule has 214 valence electrons. The van der Waals surface area contributed by atoms with Gasteiger partial charge < -0.3 is 20.4 Å². The molecule has 0 saturated carbocycles. The normalized spacial score (nSPS) is 18.0. The van der Waals surface area contributed by atoms with Gasteiger partial charge in [0.05, 0.1) is 16.0 Å². The number of carbonyl (C=O) groups is 1. The Morgan fingerprint density at radius 2 is 1.97 bits per heavy atom. The Labute approximate surface area is 238 Å². The van der Waals surface area contributed by atoms with Crippen molar-refractivity contribution in [1.82, 2.24) is 25.1 Å². The molecule has 1 aliphatic rings. The van der Waals surface area contributed by atoms with E-state index >= 15 is 0 Å². The van der Waals surface area contributed by atoms with Gasteiger partial charge >= 0.3 is 6.18 Å². The summed E-state index contributed by atoms with van der Waals surface area (Å²) in [7, 11) is 3.94. The van der Waals surface area contributed by atoms with Crippen LogP contribution in [0.4, 0.5) is 19.0 Å². The van der Waals surface area contributed by atoms with Gasteiger partial charge in [-0.25, -0.2) is 9.97 Å². The number of likely N-dealkylation sites (N-methyl/N-ethyl adjacent to an activating group) is 1. The van der Waals surface area contributed by atoms with Gasteiger partial charge in [0.1, 0.15) is 11.6 Å². The highest BCUT2D eigenvalue weighted by Crippen LogP contribution is 2.35. The number of alkyl halides is 3. The highest BCUT2D eigenvalue weighted by Gasteiger charge is 2.44. The van der Waals surface area contributed by atoms with Gasteiger partial charge in [0.25, 0.3) is 0 Å². The number of amides is 1. The van der Waals surface area contributed by atoms with Crippen molar-refractivity contribution in [1.29, 1.82) is 0 Å². The van der Waals surface area contributed by atoms with Gasteiger partial charge in [-0.05, 0) is 58.2 Å². The summed E-state index contributed by atoms with van der Waals surface area (Å²) >= 11 is 11.4. The van der Waals surface area contributed by atoms with Crippen LogP contribution in [-0.4, -0.2) is 83.9 Å². The standard InChI is InChI=1S/C27H36ClF3N6OS/c1-5-37-10-8-26(17-37,25(38)32-9-11-36(3)4)16-33-23-12-18(2)34-24(35-23)15-20(39)13-19-6-7-21(22(28)14-19)27(29,30)31/h6-7,12,14H,5,8-11,13,15-17H2,1-4H3,(H,32,38)(H,33,34,35). The van der Waals surface area contributed by atoms with Crippen molar-refractivity contribution in [3.63, 3.8) is 0 Å². The molecule has 1 saturated heterocycles. The first-order valence-corrected chi connectivity index (χ1v) is 13.7. The fraction of sp³-hybridized carbons (Fsp3) is 0.556. The summed E-state index contributed by atoms with van der Waals surface area (Å²) < 4.78 is 39.0. The number of carbonyl (C=O) groups excluding carboxylic acids is 1. The second kappa shape index (κ2) is 13.3. The van der Waals surface area contributed by atoms with E-state index in [1.807, 2.05) is 32.0 Å². The second-order valence-corrected chi connectivity index (χ2v) is 11.3. The van der Waals surface area contributed by atoms with Gasteiger partial charge in [-0.3, -0.25) is 4.79 Å². The summed E-state index contributed by atoms with van der Waals surface area (Å²) in [5, 5.41) is 6.11. The molecule has 2 aromatic rings. The molecule has 7 nitrogen and oxygen atoms in total. The number of aryl methyl sites for hydroxylation is 1. The summed E-state index contributed by atoms with van der Waals surface area (Å²) in [6.07, 6.45) is -3.20. The SMILES string of the molecule is CCN1CCC(CNc2cc(C)nc(CC(=S)Cc3ccc(C(F)(F)F)c(Cl)c3)n2)(C(=O)NCCN(C)C)C1. The van der Waals surface area contributed by atoms with Gasteiger partial charge in [0, 0.05) is 55.6 Å². The van der Waals surface area contributed by atoms with E-state index in [4.69, 9.17) is 23.8 Å². The lowest BCUT2D eigenvalue weighted by molar-refractivity contribution is -0.137. The Kier molecular flexibility index (Phi) is 10.7. The maximum Gasteiger partial charge on any atom is 0.417 e. The number of likely N-dealkylation sites (tertiary alicyclic amines) is 1. The van der Waals surface area contributed by atoms with Crippen LogP contribution in [0.15, 0.2) is 24.3 Å². The van der Waals surface area contributed by atoms with Crippen LogP contribution >= 0.6 is 23.8 Å². The predicted octanol–water partition coefficient (Wildman–Crippen LogP) is 4.41. The summed E-state index contributed by atoms with van der Waals surface area (Å²) in [6, 6.07) is 5.48. The third-order valence-electron chi connectivity index (χ3n) is 6.81. The summed E-state index contributed by atoms with van der Waals surface area (Å²) in [6.45, 7) is 8.13. The van der Waals surface area contributed by atoms with Gasteiger partial charge in [-0.1, -0.05) is 36.8 Å². The fourth-order valence-electron chi connectivity index (χ4n) is 4.64. The van der Waals surface area contributed by atoms with Crippen LogP contribution < -0.4 is 10.6 Å². The van der Waals surface area contributed by atoms with Crippen LogP contribution in [-0.2, 0) is 23.8 Å². The number of aromatic nitrogens is 2. The molecule has 12 heteroatoms. The summed E-state index contributed by atoms with van der Waals surface area (Å²) in [4.78, 5) is 27.3. The van der Waals surface area contributed by atoms with Crippen molar-refractivity contribution in [2.45, 2.75) is 39.3 Å². The number of halogens is 4. The summed E-state index contributed by atoms with van der Waals surface area (Å²) in [5.74, 6) is 1.15. The number of thiocarbonyl (C=S) groups is 1. The van der Waals surface area contributed by atoms with E-state index in [2.05, 4.69) is 32.4 Å². The van der Waals surface area contributed by atoms with E-state index in [0.29, 0.717) is 41.7 Å². The lowest BCUT2D eigenvalue weighted by Crippen LogP contribution is -2.48. The van der Waals surface area contributed by atoms with E-state index < -0.39 is 17.2 Å². The Morgan fingerprint density at radius 3 is 2.59 bits per heavy atom. The van der Waals surface area contributed by atoms with Crippen LogP contribution in [0.25, 0.3) is 0 Å². The molecular weight excluding hydrogens is 549 g/mol. The fourth-order valence-corrected chi connectivity index (χ4v) is 5.25. The van der Waals surface area contributed by atoms with Gasteiger partial charge in [0.2, 0.25) is 5.91 Å². The predicted molar refractivity (Wildman–Crippen MR) is 152 cm³/mol. The Balaban J connectivity index is 1.67. The molecule has 1 unspecified atom stereocenters. The molecule has 1 aliphatic heterocycles. The molecular formula is C27H36ClF3N6OS. The van der Waals surface area contributed by atoms with E-state index in [9.17, 15) is 18.0 Å². The van der Waals surface area contributed by atoms with E-state index in [0.717, 1.165) is 37.8 Å². The average molecular weight is 585 g/mol. The van der Waals surface area contributed by atoms with Crippen LogP contribution in [0.3, 0.4) is 0 Å². The molecule has 0 spiro atoms. The number of hydrogen-bond acceptors (Lipinski definition) is 7. The Bertz CT molecular complexity index is 1180. The maximum absolute atomic E-state index is 13.3. The van der Waals surface area contributed by atoms with Crippen LogP contribution in [0.2, 0.25) is 5.02 Å². The number of nitrogens with one attached hydrogen (secondary N) is 2. The number of rotatable bonds is 12. The minimum Gasteiger partial charge on any atom is -0.369 e. The largest absolute Gasteiger partial charge is 0.417 e. The monoisotopic (exact) mass is 584 g/mol. The molecule has 0 radical (unpaired) electrons. The quantitative estimate of drug-likeness (QED) is 0.358. The van der Waals surface area contributed by atoms with E-state index in [1.54, 1.807) is 0 Å². The molecule has 1 aromatic carbocycles. The van der Waals surface area contributed by atoms with Crippen LogP contribution in [0.5, 0.6) is 0 Å². The zero-order chi connectivity index (χ0) is 28.8. The number of anilines is 1. The minimum absolute atomic E-state index is 0.0372. The van der Waals surface area contributed by atoms with Gasteiger partial charge in [-0.15, -0.1) is 0 Å². The zero-order valence-electron chi connectivity index (χ0n) is 22.8. The van der Waals surface area contributed by atoms with Crippen molar-refractivity contribution < 1.29 is 18.0 Å². The molecule has 0 aliphatic carbocycles. The lowest BCUT2D eigenvalue weighted by atomic mass is 9.85. The average Bonchev–Trinajstić information content (AvgIpc) is 3.26. The molecule has 2 heterocycles. The Morgan fingerprint density at radius 1 is 1.23 bits per heavy atom. The van der Waals surface area contributed by atoms with E-state index in [-0.39, 0.29) is 23.8 Å². The van der Waals surface area contributed by atoms with Crippen LogP contribution in [0, 0.1) is 12.3 Å². The first-order chi connectivity index (χ1) is 18.3. The molecule has 3 rings (SSSR count). The van der Waals surface area contributed by atoms with Crippen molar-refractivity contribution in [3.8, 4) is 0 Å². The molecule has 1 amide bonds. The van der Waals surface area contributed by atoms with Crippen LogP contribution in [0.1, 0.15) is 36.0 Å². The molecule has 1 aromatic heterocycles. The highest BCUT2D eigenvalue weighted by molar-refractivity contribution is 7.80. The van der Waals surface area contributed by atoms with Crippen molar-refractivity contribution >= 4 is 40.4 Å². The van der Waals surface area contributed by atoms with Gasteiger partial charge in [-0.2, -0.15) is 13.2 Å². The first kappa shape index (κ1) is 31.2. The highest BCUT2D eigenvalue weighted by atomic mass is 35.5. The number of benzene rings is 1.